The van der Waals surface area contributed by atoms with Gasteiger partial charge in [-0.1, -0.05) is 35.3 Å². The number of urea groups is 1. The molecule has 2 atom stereocenters. The summed E-state index contributed by atoms with van der Waals surface area (Å²) in [5.41, 5.74) is 2.98. The molecule has 0 spiro atoms. The summed E-state index contributed by atoms with van der Waals surface area (Å²) in [7, 11) is 1.69. The lowest BCUT2D eigenvalue weighted by atomic mass is 10.1. The number of aliphatic imine (C=N–C) groups is 1. The fourth-order valence-electron chi connectivity index (χ4n) is 4.62. The van der Waals surface area contributed by atoms with Crippen LogP contribution in [-0.2, 0) is 22.6 Å². The molecule has 30 heavy (non-hydrogen) atoms. The van der Waals surface area contributed by atoms with Gasteiger partial charge in [-0.25, -0.2) is 13.9 Å². The van der Waals surface area contributed by atoms with E-state index in [1.807, 2.05) is 41.8 Å². The number of benzene rings is 1. The average Bonchev–Trinajstić information content (AvgIpc) is 3.45. The molecule has 2 saturated heterocycles. The molecule has 3 aliphatic heterocycles. The first-order chi connectivity index (χ1) is 14.5. The van der Waals surface area contributed by atoms with E-state index in [2.05, 4.69) is 11.5 Å². The standard InChI is InChI=1S/C22H26N5O3/c1-14-15(2)27-18-19(23-21(27)25(14)13-17-10-7-11-30-17)24(3)22(29)26(20(18)28)12-16-8-5-4-6-9-16/h4-6,8-9,17-18H,7,10-13H2,1-3H3/q+1. The van der Waals surface area contributed by atoms with Crippen LogP contribution in [0.2, 0.25) is 0 Å². The third kappa shape index (κ3) is 2.78. The minimum absolute atomic E-state index is 0.160. The summed E-state index contributed by atoms with van der Waals surface area (Å²) in [6.07, 6.45) is 2.26. The van der Waals surface area contributed by atoms with Gasteiger partial charge in [-0.15, -0.1) is 0 Å². The largest absolute Gasteiger partial charge is 0.402 e. The Morgan fingerprint density at radius 2 is 1.97 bits per heavy atom. The number of likely N-dealkylation sites (N-methyl/N-ethyl adjacent to an activating group) is 1. The van der Waals surface area contributed by atoms with Crippen molar-refractivity contribution >= 4 is 23.7 Å². The number of amides is 3. The van der Waals surface area contributed by atoms with Crippen molar-refractivity contribution in [3.63, 3.8) is 0 Å². The van der Waals surface area contributed by atoms with Crippen LogP contribution in [0.3, 0.4) is 0 Å². The van der Waals surface area contributed by atoms with E-state index in [0.29, 0.717) is 12.4 Å². The number of carbonyl (C=O) groups is 2. The summed E-state index contributed by atoms with van der Waals surface area (Å²) in [6, 6.07) is 8.62. The molecule has 3 aliphatic rings. The number of ether oxygens (including phenoxy) is 1. The van der Waals surface area contributed by atoms with Crippen LogP contribution in [0.1, 0.15) is 35.8 Å². The van der Waals surface area contributed by atoms with Crippen molar-refractivity contribution in [3.05, 3.63) is 47.3 Å². The highest BCUT2D eigenvalue weighted by molar-refractivity contribution is 6.20. The van der Waals surface area contributed by atoms with Crippen LogP contribution in [0.4, 0.5) is 10.7 Å². The normalized spacial score (nSPS) is 23.1. The predicted octanol–water partition coefficient (Wildman–Crippen LogP) is 2.25. The monoisotopic (exact) mass is 408 g/mol. The zero-order valence-electron chi connectivity index (χ0n) is 17.5. The number of rotatable bonds is 4. The van der Waals surface area contributed by atoms with Gasteiger partial charge >= 0.3 is 12.0 Å². The van der Waals surface area contributed by atoms with Gasteiger partial charge in [0.2, 0.25) is 11.9 Å². The molecule has 0 radical (unpaired) electrons. The van der Waals surface area contributed by atoms with E-state index in [-0.39, 0.29) is 24.6 Å². The zero-order chi connectivity index (χ0) is 21.0. The van der Waals surface area contributed by atoms with Crippen molar-refractivity contribution in [3.8, 4) is 0 Å². The number of fused-ring (bicyclic) bond motifs is 3. The number of hydrogen-bond donors (Lipinski definition) is 0. The molecule has 1 aromatic heterocycles. The number of imidazole rings is 1. The van der Waals surface area contributed by atoms with Crippen LogP contribution in [0.25, 0.3) is 0 Å². The van der Waals surface area contributed by atoms with E-state index in [1.54, 1.807) is 7.05 Å². The first kappa shape index (κ1) is 19.0. The van der Waals surface area contributed by atoms with Gasteiger partial charge in [-0.2, -0.15) is 0 Å². The molecule has 4 heterocycles. The molecule has 0 saturated carbocycles. The second kappa shape index (κ2) is 7.05. The molecule has 0 aliphatic carbocycles. The van der Waals surface area contributed by atoms with E-state index < -0.39 is 6.04 Å². The molecule has 8 heteroatoms. The second-order valence-electron chi connectivity index (χ2n) is 8.21. The van der Waals surface area contributed by atoms with E-state index in [0.717, 1.165) is 42.3 Å². The molecule has 3 amide bonds. The lowest BCUT2D eigenvalue weighted by molar-refractivity contribution is -0.695. The topological polar surface area (TPSA) is 71.0 Å². The minimum atomic E-state index is -0.615. The molecule has 8 nitrogen and oxygen atoms in total. The Hall–Kier alpha value is -3.00. The summed E-state index contributed by atoms with van der Waals surface area (Å²) in [5.74, 6) is 0.977. The van der Waals surface area contributed by atoms with E-state index >= 15 is 0 Å². The summed E-state index contributed by atoms with van der Waals surface area (Å²) in [6.45, 7) is 5.80. The maximum absolute atomic E-state index is 13.5. The van der Waals surface area contributed by atoms with Crippen molar-refractivity contribution in [2.45, 2.75) is 51.9 Å². The Kier molecular flexibility index (Phi) is 4.47. The minimum Gasteiger partial charge on any atom is -0.375 e. The highest BCUT2D eigenvalue weighted by atomic mass is 16.5. The van der Waals surface area contributed by atoms with Crippen molar-refractivity contribution < 1.29 is 18.9 Å². The molecule has 2 fully saturated rings. The molecule has 5 rings (SSSR count). The lowest BCUT2D eigenvalue weighted by Gasteiger charge is -2.33. The van der Waals surface area contributed by atoms with E-state index in [4.69, 9.17) is 9.73 Å². The van der Waals surface area contributed by atoms with Crippen LogP contribution in [0.5, 0.6) is 0 Å². The SMILES string of the molecule is Cc1c(C)[n+](CC2CCCO2)c2n1C1C(=O)N(Cc3ccccc3)C(=O)N(C)C1=N2. The summed E-state index contributed by atoms with van der Waals surface area (Å²) < 4.78 is 9.93. The summed E-state index contributed by atoms with van der Waals surface area (Å²) >= 11 is 0. The Labute approximate surface area is 175 Å². The van der Waals surface area contributed by atoms with Crippen molar-refractivity contribution in [1.29, 1.82) is 0 Å². The van der Waals surface area contributed by atoms with Gasteiger partial charge in [-0.05, 0) is 32.3 Å². The maximum atomic E-state index is 13.5. The Balaban J connectivity index is 1.53. The van der Waals surface area contributed by atoms with Crippen molar-refractivity contribution in [1.82, 2.24) is 14.4 Å². The third-order valence-corrected chi connectivity index (χ3v) is 6.42. The van der Waals surface area contributed by atoms with E-state index in [1.165, 1.54) is 9.80 Å². The molecule has 2 aromatic rings. The molecular weight excluding hydrogens is 382 g/mol. The second-order valence-corrected chi connectivity index (χ2v) is 8.21. The fraction of sp³-hybridized carbons (Fsp3) is 0.455. The molecule has 0 bridgehead atoms. The van der Waals surface area contributed by atoms with Crippen LogP contribution in [0.15, 0.2) is 35.3 Å². The molecule has 1 aromatic carbocycles. The first-order valence-electron chi connectivity index (χ1n) is 10.4. The number of amidine groups is 1. The smallest absolute Gasteiger partial charge is 0.375 e. The fourth-order valence-corrected chi connectivity index (χ4v) is 4.62. The maximum Gasteiger partial charge on any atom is 0.402 e. The number of hydrogen-bond acceptors (Lipinski definition) is 4. The molecular formula is C22H26N5O3+. The average molecular weight is 408 g/mol. The Morgan fingerprint density at radius 1 is 1.20 bits per heavy atom. The number of imide groups is 1. The Bertz CT molecular complexity index is 1050. The van der Waals surface area contributed by atoms with Crippen LogP contribution >= 0.6 is 0 Å². The quantitative estimate of drug-likeness (QED) is 0.729. The molecule has 156 valence electrons. The van der Waals surface area contributed by atoms with Crippen LogP contribution < -0.4 is 4.57 Å². The van der Waals surface area contributed by atoms with Gasteiger partial charge in [-0.3, -0.25) is 14.6 Å². The third-order valence-electron chi connectivity index (χ3n) is 6.42. The molecule has 2 unspecified atom stereocenters. The highest BCUT2D eigenvalue weighted by Gasteiger charge is 2.54. The number of aromatic nitrogens is 2. The van der Waals surface area contributed by atoms with Gasteiger partial charge in [0, 0.05) is 13.7 Å². The van der Waals surface area contributed by atoms with Gasteiger partial charge < -0.3 is 4.74 Å². The van der Waals surface area contributed by atoms with Crippen molar-refractivity contribution in [2.75, 3.05) is 13.7 Å². The van der Waals surface area contributed by atoms with Gasteiger partial charge in [0.1, 0.15) is 11.4 Å². The predicted molar refractivity (Wildman–Crippen MR) is 109 cm³/mol. The first-order valence-corrected chi connectivity index (χ1v) is 10.4. The number of nitrogens with zero attached hydrogens (tertiary/aromatic N) is 5. The van der Waals surface area contributed by atoms with Crippen molar-refractivity contribution in [2.24, 2.45) is 4.99 Å². The number of carbonyl (C=O) groups excluding carboxylic acids is 2. The van der Waals surface area contributed by atoms with Crippen LogP contribution in [-0.4, -0.2) is 51.9 Å². The van der Waals surface area contributed by atoms with E-state index in [9.17, 15) is 9.59 Å². The molecule has 0 N–H and O–H groups in total. The van der Waals surface area contributed by atoms with Gasteiger partial charge in [0.05, 0.1) is 19.2 Å². The lowest BCUT2D eigenvalue weighted by Crippen LogP contribution is -2.57. The zero-order valence-corrected chi connectivity index (χ0v) is 17.5. The summed E-state index contributed by atoms with van der Waals surface area (Å²) in [4.78, 5) is 34.1. The highest BCUT2D eigenvalue weighted by Crippen LogP contribution is 2.35. The summed E-state index contributed by atoms with van der Waals surface area (Å²) in [5, 5.41) is 0. The van der Waals surface area contributed by atoms with Gasteiger partial charge in [0.25, 0.3) is 5.91 Å². The Morgan fingerprint density at radius 3 is 2.67 bits per heavy atom. The van der Waals surface area contributed by atoms with Gasteiger partial charge in [0.15, 0.2) is 0 Å². The van der Waals surface area contributed by atoms with Crippen LogP contribution in [0, 0.1) is 13.8 Å².